The van der Waals surface area contributed by atoms with Gasteiger partial charge in [0.15, 0.2) is 11.5 Å². The second-order valence-electron chi connectivity index (χ2n) is 4.28. The van der Waals surface area contributed by atoms with Gasteiger partial charge in [-0.2, -0.15) is 10.2 Å². The van der Waals surface area contributed by atoms with Gasteiger partial charge >= 0.3 is 0 Å². The van der Waals surface area contributed by atoms with Gasteiger partial charge < -0.3 is 9.47 Å². The lowest BCUT2D eigenvalue weighted by atomic mass is 10.2. The number of hydrogen-bond acceptors (Lipinski definition) is 5. The van der Waals surface area contributed by atoms with Crippen molar-refractivity contribution in [3.8, 4) is 11.5 Å². The van der Waals surface area contributed by atoms with Crippen molar-refractivity contribution in [2.24, 2.45) is 12.1 Å². The molecule has 0 unspecified atom stereocenters. The first-order valence-corrected chi connectivity index (χ1v) is 7.13. The smallest absolute Gasteiger partial charge is 0.290 e. The Morgan fingerprint density at radius 2 is 2.29 bits per heavy atom. The maximum Gasteiger partial charge on any atom is 0.290 e. The molecule has 0 fully saturated rings. The molecule has 1 N–H and O–H groups in total. The Morgan fingerprint density at radius 3 is 3.05 bits per heavy atom. The summed E-state index contributed by atoms with van der Waals surface area (Å²) in [6.07, 6.45) is 3.17. The van der Waals surface area contributed by atoms with E-state index in [2.05, 4.69) is 38.2 Å². The van der Waals surface area contributed by atoms with Crippen molar-refractivity contribution < 1.29 is 14.3 Å². The van der Waals surface area contributed by atoms with Gasteiger partial charge in [-0.05, 0) is 46.4 Å². The van der Waals surface area contributed by atoms with Crippen LogP contribution in [0.15, 0.2) is 29.5 Å². The number of hydrogen-bond donors (Lipinski definition) is 1. The van der Waals surface area contributed by atoms with Gasteiger partial charge in [0.25, 0.3) is 5.91 Å². The third kappa shape index (κ3) is 2.84. The first-order chi connectivity index (χ1) is 10.1. The van der Waals surface area contributed by atoms with Crippen LogP contribution in [0, 0.1) is 3.57 Å². The molecule has 0 aliphatic carbocycles. The van der Waals surface area contributed by atoms with Gasteiger partial charge in [-0.3, -0.25) is 9.48 Å². The number of amides is 1. The lowest BCUT2D eigenvalue weighted by Gasteiger charge is -2.01. The number of aryl methyl sites for hydroxylation is 1. The van der Waals surface area contributed by atoms with E-state index in [9.17, 15) is 4.79 Å². The zero-order valence-electron chi connectivity index (χ0n) is 11.0. The number of benzene rings is 1. The molecule has 8 heteroatoms. The molecule has 3 rings (SSSR count). The molecule has 0 bridgehead atoms. The van der Waals surface area contributed by atoms with Gasteiger partial charge in [0, 0.05) is 7.05 Å². The molecule has 2 aromatic rings. The van der Waals surface area contributed by atoms with Gasteiger partial charge in [-0.25, -0.2) is 5.43 Å². The average molecular weight is 398 g/mol. The largest absolute Gasteiger partial charge is 0.454 e. The highest BCUT2D eigenvalue weighted by Gasteiger charge is 2.15. The number of rotatable bonds is 3. The molecule has 1 aromatic heterocycles. The maximum atomic E-state index is 12.0. The van der Waals surface area contributed by atoms with Crippen molar-refractivity contribution in [1.82, 2.24) is 15.2 Å². The molecule has 0 saturated carbocycles. The van der Waals surface area contributed by atoms with Crippen molar-refractivity contribution >= 4 is 34.7 Å². The number of aromatic nitrogens is 2. The summed E-state index contributed by atoms with van der Waals surface area (Å²) in [5.74, 6) is 1.07. The molecular weight excluding hydrogens is 387 g/mol. The molecule has 1 aromatic carbocycles. The van der Waals surface area contributed by atoms with Crippen molar-refractivity contribution in [3.63, 3.8) is 0 Å². The number of hydrazone groups is 1. The highest BCUT2D eigenvalue weighted by atomic mass is 127. The van der Waals surface area contributed by atoms with E-state index in [0.29, 0.717) is 17.2 Å². The van der Waals surface area contributed by atoms with E-state index in [1.54, 1.807) is 31.6 Å². The normalized spacial score (nSPS) is 12.9. The van der Waals surface area contributed by atoms with E-state index in [4.69, 9.17) is 9.47 Å². The lowest BCUT2D eigenvalue weighted by molar-refractivity contribution is 0.0945. The fraction of sp³-hybridized carbons (Fsp3) is 0.154. The molecule has 0 atom stereocenters. The summed E-state index contributed by atoms with van der Waals surface area (Å²) >= 11 is 2.05. The molecule has 2 heterocycles. The number of carbonyl (C=O) groups is 1. The van der Waals surface area contributed by atoms with Gasteiger partial charge in [-0.15, -0.1) is 0 Å². The first-order valence-electron chi connectivity index (χ1n) is 6.05. The predicted molar refractivity (Wildman–Crippen MR) is 83.6 cm³/mol. The van der Waals surface area contributed by atoms with Crippen molar-refractivity contribution in [2.75, 3.05) is 6.79 Å². The Labute approximate surface area is 134 Å². The monoisotopic (exact) mass is 398 g/mol. The number of ether oxygens (including phenoxy) is 2. The number of nitrogens with one attached hydrogen (secondary N) is 1. The third-order valence-electron chi connectivity index (χ3n) is 2.89. The van der Waals surface area contributed by atoms with Crippen LogP contribution in [-0.2, 0) is 7.05 Å². The van der Waals surface area contributed by atoms with Crippen LogP contribution in [-0.4, -0.2) is 28.7 Å². The molecule has 1 aliphatic heterocycles. The second-order valence-corrected chi connectivity index (χ2v) is 5.44. The van der Waals surface area contributed by atoms with E-state index in [1.165, 1.54) is 4.68 Å². The van der Waals surface area contributed by atoms with Crippen molar-refractivity contribution in [3.05, 3.63) is 39.2 Å². The Balaban J connectivity index is 1.69. The van der Waals surface area contributed by atoms with Crippen LogP contribution in [0.2, 0.25) is 0 Å². The molecule has 7 nitrogen and oxygen atoms in total. The van der Waals surface area contributed by atoms with Crippen molar-refractivity contribution in [2.45, 2.75) is 0 Å². The molecule has 0 radical (unpaired) electrons. The van der Waals surface area contributed by atoms with Gasteiger partial charge in [0.05, 0.1) is 16.0 Å². The van der Waals surface area contributed by atoms with Crippen molar-refractivity contribution in [1.29, 1.82) is 0 Å². The van der Waals surface area contributed by atoms with Gasteiger partial charge in [0.1, 0.15) is 5.69 Å². The van der Waals surface area contributed by atoms with Crippen LogP contribution < -0.4 is 14.9 Å². The van der Waals surface area contributed by atoms with Gasteiger partial charge in [0.2, 0.25) is 6.79 Å². The zero-order chi connectivity index (χ0) is 14.8. The summed E-state index contributed by atoms with van der Waals surface area (Å²) in [7, 11) is 1.71. The Morgan fingerprint density at radius 1 is 1.48 bits per heavy atom. The minimum absolute atomic E-state index is 0.228. The van der Waals surface area contributed by atoms with Crippen LogP contribution in [0.3, 0.4) is 0 Å². The molecule has 1 amide bonds. The Hall–Kier alpha value is -2.10. The number of halogens is 1. The average Bonchev–Trinajstić information content (AvgIpc) is 3.05. The summed E-state index contributed by atoms with van der Waals surface area (Å²) < 4.78 is 12.8. The summed E-state index contributed by atoms with van der Waals surface area (Å²) in [6.45, 7) is 0.228. The van der Waals surface area contributed by atoms with Crippen LogP contribution >= 0.6 is 22.6 Å². The molecule has 108 valence electrons. The molecule has 1 aliphatic rings. The SMILES string of the molecule is Cn1ncc(I)c1C(=O)NN=Cc1ccc2c(c1)OCO2. The number of nitrogens with zero attached hydrogens (tertiary/aromatic N) is 3. The highest BCUT2D eigenvalue weighted by molar-refractivity contribution is 14.1. The lowest BCUT2D eigenvalue weighted by Crippen LogP contribution is -2.21. The summed E-state index contributed by atoms with van der Waals surface area (Å²) in [4.78, 5) is 12.0. The van der Waals surface area contributed by atoms with E-state index in [-0.39, 0.29) is 12.7 Å². The fourth-order valence-corrected chi connectivity index (χ4v) is 2.60. The maximum absolute atomic E-state index is 12.0. The minimum Gasteiger partial charge on any atom is -0.454 e. The Kier molecular flexibility index (Phi) is 3.78. The first kappa shape index (κ1) is 13.9. The molecular formula is C13H11IN4O3. The van der Waals surface area contributed by atoms with E-state index >= 15 is 0 Å². The van der Waals surface area contributed by atoms with Crippen LogP contribution in [0.5, 0.6) is 11.5 Å². The number of fused-ring (bicyclic) bond motifs is 1. The highest BCUT2D eigenvalue weighted by Crippen LogP contribution is 2.31. The van der Waals surface area contributed by atoms with Crippen LogP contribution in [0.4, 0.5) is 0 Å². The van der Waals surface area contributed by atoms with Crippen LogP contribution in [0.1, 0.15) is 16.1 Å². The van der Waals surface area contributed by atoms with Crippen LogP contribution in [0.25, 0.3) is 0 Å². The topological polar surface area (TPSA) is 77.7 Å². The van der Waals surface area contributed by atoms with Gasteiger partial charge in [-0.1, -0.05) is 0 Å². The second kappa shape index (κ2) is 5.72. The summed E-state index contributed by atoms with van der Waals surface area (Å²) in [5.41, 5.74) is 3.75. The third-order valence-corrected chi connectivity index (χ3v) is 3.67. The standard InChI is InChI=1S/C13H11IN4O3/c1-18-12(9(14)6-16-18)13(19)17-15-5-8-2-3-10-11(4-8)21-7-20-10/h2-6H,7H2,1H3,(H,17,19). The summed E-state index contributed by atoms with van der Waals surface area (Å²) in [6, 6.07) is 5.43. The minimum atomic E-state index is -0.309. The summed E-state index contributed by atoms with van der Waals surface area (Å²) in [5, 5.41) is 7.95. The Bertz CT molecular complexity index is 707. The van der Waals surface area contributed by atoms with E-state index < -0.39 is 0 Å². The quantitative estimate of drug-likeness (QED) is 0.483. The molecule has 0 saturated heterocycles. The molecule has 21 heavy (non-hydrogen) atoms. The fourth-order valence-electron chi connectivity index (χ4n) is 1.88. The van der Waals surface area contributed by atoms with E-state index in [0.717, 1.165) is 9.13 Å². The molecule has 0 spiro atoms. The zero-order valence-corrected chi connectivity index (χ0v) is 13.2. The number of carbonyl (C=O) groups excluding carboxylic acids is 1. The predicted octanol–water partition coefficient (Wildman–Crippen LogP) is 1.52. The van der Waals surface area contributed by atoms with E-state index in [1.807, 2.05) is 6.07 Å².